The second-order valence-corrected chi connectivity index (χ2v) is 8.14. The van der Waals surface area contributed by atoms with Crippen molar-refractivity contribution in [1.82, 2.24) is 5.32 Å². The van der Waals surface area contributed by atoms with E-state index in [0.29, 0.717) is 30.3 Å². The molecule has 114 valence electrons. The van der Waals surface area contributed by atoms with Gasteiger partial charge >= 0.3 is 0 Å². The zero-order chi connectivity index (χ0) is 15.0. The van der Waals surface area contributed by atoms with Crippen LogP contribution >= 0.6 is 10.7 Å². The van der Waals surface area contributed by atoms with Crippen LogP contribution in [-0.2, 0) is 13.8 Å². The first kappa shape index (κ1) is 14.7. The number of ether oxygens (including phenoxy) is 1. The summed E-state index contributed by atoms with van der Waals surface area (Å²) < 4.78 is 28.3. The van der Waals surface area contributed by atoms with Crippen LogP contribution in [0.25, 0.3) is 0 Å². The molecule has 3 rings (SSSR count). The van der Waals surface area contributed by atoms with Crippen LogP contribution in [0.3, 0.4) is 0 Å². The SMILES string of the molecule is O=C(CC1CCC1)NC1COc2ccc(S(=O)(=O)Cl)cc21. The molecule has 1 aliphatic heterocycles. The quantitative estimate of drug-likeness (QED) is 0.861. The lowest BCUT2D eigenvalue weighted by Crippen LogP contribution is -2.32. The standard InChI is InChI=1S/C14H16ClNO4S/c15-21(18,19)10-4-5-13-11(7-10)12(8-20-13)16-14(17)6-9-2-1-3-9/h4-5,7,9,12H,1-3,6,8H2,(H,16,17). The Morgan fingerprint density at radius 2 is 2.14 bits per heavy atom. The van der Waals surface area contributed by atoms with Crippen LogP contribution in [-0.4, -0.2) is 20.9 Å². The highest BCUT2D eigenvalue weighted by atomic mass is 35.7. The lowest BCUT2D eigenvalue weighted by molar-refractivity contribution is -0.123. The fourth-order valence-corrected chi connectivity index (χ4v) is 3.46. The van der Waals surface area contributed by atoms with Crippen molar-refractivity contribution in [3.63, 3.8) is 0 Å². The van der Waals surface area contributed by atoms with Gasteiger partial charge in [-0.2, -0.15) is 0 Å². The van der Waals surface area contributed by atoms with Crippen molar-refractivity contribution in [3.8, 4) is 5.75 Å². The van der Waals surface area contributed by atoms with Crippen LogP contribution < -0.4 is 10.1 Å². The Balaban J connectivity index is 1.74. The molecule has 1 heterocycles. The van der Waals surface area contributed by atoms with E-state index >= 15 is 0 Å². The molecule has 2 aliphatic rings. The second-order valence-electron chi connectivity index (χ2n) is 5.57. The molecule has 1 N–H and O–H groups in total. The van der Waals surface area contributed by atoms with Gasteiger partial charge < -0.3 is 10.1 Å². The summed E-state index contributed by atoms with van der Waals surface area (Å²) in [5, 5.41) is 2.91. The molecule has 1 saturated carbocycles. The van der Waals surface area contributed by atoms with E-state index in [-0.39, 0.29) is 16.8 Å². The molecule has 0 radical (unpaired) electrons. The van der Waals surface area contributed by atoms with Crippen LogP contribution in [0, 0.1) is 5.92 Å². The highest BCUT2D eigenvalue weighted by molar-refractivity contribution is 8.13. The van der Waals surface area contributed by atoms with Gasteiger partial charge in [-0.15, -0.1) is 0 Å². The van der Waals surface area contributed by atoms with Gasteiger partial charge in [0.15, 0.2) is 0 Å². The molecule has 1 aliphatic carbocycles. The van der Waals surface area contributed by atoms with Crippen LogP contribution in [0.1, 0.15) is 37.3 Å². The minimum atomic E-state index is -3.79. The van der Waals surface area contributed by atoms with E-state index in [9.17, 15) is 13.2 Å². The van der Waals surface area contributed by atoms with Crippen molar-refractivity contribution in [2.75, 3.05) is 6.61 Å². The number of carbonyl (C=O) groups is 1. The van der Waals surface area contributed by atoms with Crippen molar-refractivity contribution in [2.24, 2.45) is 5.92 Å². The molecule has 5 nitrogen and oxygen atoms in total. The van der Waals surface area contributed by atoms with Gasteiger partial charge in [0.05, 0.1) is 10.9 Å². The van der Waals surface area contributed by atoms with Crippen LogP contribution in [0.4, 0.5) is 0 Å². The maximum Gasteiger partial charge on any atom is 0.261 e. The number of nitrogens with one attached hydrogen (secondary N) is 1. The first-order valence-electron chi connectivity index (χ1n) is 6.94. The van der Waals surface area contributed by atoms with Crippen molar-refractivity contribution in [2.45, 2.75) is 36.6 Å². The number of halogens is 1. The van der Waals surface area contributed by atoms with Gasteiger partial charge in [0.1, 0.15) is 12.4 Å². The molecule has 1 fully saturated rings. The Morgan fingerprint density at radius 3 is 2.76 bits per heavy atom. The lowest BCUT2D eigenvalue weighted by atomic mass is 9.83. The smallest absolute Gasteiger partial charge is 0.261 e. The first-order valence-corrected chi connectivity index (χ1v) is 9.25. The summed E-state index contributed by atoms with van der Waals surface area (Å²) in [5.74, 6) is 1.06. The van der Waals surface area contributed by atoms with Gasteiger partial charge in [-0.05, 0) is 37.0 Å². The largest absolute Gasteiger partial charge is 0.491 e. The summed E-state index contributed by atoms with van der Waals surface area (Å²) in [4.78, 5) is 12.0. The fourth-order valence-electron chi connectivity index (χ4n) is 2.68. The summed E-state index contributed by atoms with van der Waals surface area (Å²) in [6.07, 6.45) is 3.95. The average Bonchev–Trinajstić information content (AvgIpc) is 2.75. The Hall–Kier alpha value is -1.27. The molecule has 7 heteroatoms. The van der Waals surface area contributed by atoms with Crippen molar-refractivity contribution in [1.29, 1.82) is 0 Å². The predicted octanol–water partition coefficient (Wildman–Crippen LogP) is 2.35. The monoisotopic (exact) mass is 329 g/mol. The number of hydrogen-bond acceptors (Lipinski definition) is 4. The second kappa shape index (κ2) is 5.50. The van der Waals surface area contributed by atoms with Crippen molar-refractivity contribution >= 4 is 25.6 Å². The minimum Gasteiger partial charge on any atom is -0.491 e. The van der Waals surface area contributed by atoms with Gasteiger partial charge in [0, 0.05) is 22.7 Å². The maximum absolute atomic E-state index is 12.0. The topological polar surface area (TPSA) is 72.5 Å². The zero-order valence-corrected chi connectivity index (χ0v) is 12.9. The normalized spacial score (nSPS) is 21.3. The first-order chi connectivity index (χ1) is 9.93. The Kier molecular flexibility index (Phi) is 3.84. The molecule has 0 saturated heterocycles. The van der Waals surface area contributed by atoms with Gasteiger partial charge in [0.25, 0.3) is 9.05 Å². The Morgan fingerprint density at radius 1 is 1.38 bits per heavy atom. The number of carbonyl (C=O) groups excluding carboxylic acids is 1. The van der Waals surface area contributed by atoms with Crippen molar-refractivity contribution < 1.29 is 17.9 Å². The van der Waals surface area contributed by atoms with E-state index in [1.54, 1.807) is 6.07 Å². The summed E-state index contributed by atoms with van der Waals surface area (Å²) in [6.45, 7) is 0.317. The van der Waals surface area contributed by atoms with Gasteiger partial charge in [-0.3, -0.25) is 4.79 Å². The number of fused-ring (bicyclic) bond motifs is 1. The molecule has 0 bridgehead atoms. The van der Waals surface area contributed by atoms with Gasteiger partial charge in [0.2, 0.25) is 5.91 Å². The molecular formula is C14H16ClNO4S. The number of benzene rings is 1. The number of amides is 1. The molecule has 1 aromatic carbocycles. The summed E-state index contributed by atoms with van der Waals surface area (Å²) in [6, 6.07) is 4.13. The van der Waals surface area contributed by atoms with Gasteiger partial charge in [-0.25, -0.2) is 8.42 Å². The third-order valence-corrected chi connectivity index (χ3v) is 5.43. The van der Waals surface area contributed by atoms with Crippen LogP contribution in [0.2, 0.25) is 0 Å². The lowest BCUT2D eigenvalue weighted by Gasteiger charge is -2.25. The van der Waals surface area contributed by atoms with Crippen LogP contribution in [0.15, 0.2) is 23.1 Å². The molecule has 21 heavy (non-hydrogen) atoms. The van der Waals surface area contributed by atoms with Gasteiger partial charge in [-0.1, -0.05) is 6.42 Å². The van der Waals surface area contributed by atoms with Crippen molar-refractivity contribution in [3.05, 3.63) is 23.8 Å². The fraction of sp³-hybridized carbons (Fsp3) is 0.500. The molecule has 1 amide bonds. The maximum atomic E-state index is 12.0. The van der Waals surface area contributed by atoms with E-state index in [4.69, 9.17) is 15.4 Å². The van der Waals surface area contributed by atoms with E-state index in [1.165, 1.54) is 18.6 Å². The van der Waals surface area contributed by atoms with E-state index in [2.05, 4.69) is 5.32 Å². The van der Waals surface area contributed by atoms with E-state index < -0.39 is 9.05 Å². The molecule has 1 unspecified atom stereocenters. The summed E-state index contributed by atoms with van der Waals surface area (Å²) >= 11 is 0. The third kappa shape index (κ3) is 3.16. The number of rotatable bonds is 4. The predicted molar refractivity (Wildman–Crippen MR) is 77.8 cm³/mol. The Labute approximate surface area is 128 Å². The average molecular weight is 330 g/mol. The molecule has 1 atom stereocenters. The molecule has 1 aromatic rings. The van der Waals surface area contributed by atoms with Crippen LogP contribution in [0.5, 0.6) is 5.75 Å². The molecule has 0 spiro atoms. The van der Waals surface area contributed by atoms with E-state index in [0.717, 1.165) is 12.8 Å². The summed E-state index contributed by atoms with van der Waals surface area (Å²) in [5.41, 5.74) is 0.665. The zero-order valence-electron chi connectivity index (χ0n) is 11.3. The molecular weight excluding hydrogens is 314 g/mol. The minimum absolute atomic E-state index is 0.0136. The summed E-state index contributed by atoms with van der Waals surface area (Å²) in [7, 11) is 1.57. The number of hydrogen-bond donors (Lipinski definition) is 1. The highest BCUT2D eigenvalue weighted by Gasteiger charge is 2.29. The Bertz CT molecular complexity index is 670. The van der Waals surface area contributed by atoms with E-state index in [1.807, 2.05) is 0 Å². The highest BCUT2D eigenvalue weighted by Crippen LogP contribution is 2.35. The third-order valence-electron chi connectivity index (χ3n) is 4.08. The molecule has 0 aromatic heterocycles.